The summed E-state index contributed by atoms with van der Waals surface area (Å²) in [6.45, 7) is 2.88. The van der Waals surface area contributed by atoms with Gasteiger partial charge in [0.05, 0.1) is 11.0 Å². The van der Waals surface area contributed by atoms with Gasteiger partial charge in [0.15, 0.2) is 0 Å². The molecule has 0 unspecified atom stereocenters. The highest BCUT2D eigenvalue weighted by Gasteiger charge is 2.15. The van der Waals surface area contributed by atoms with Crippen LogP contribution in [-0.2, 0) is 17.8 Å². The van der Waals surface area contributed by atoms with Crippen molar-refractivity contribution in [2.75, 3.05) is 19.5 Å². The van der Waals surface area contributed by atoms with Gasteiger partial charge in [-0.1, -0.05) is 11.6 Å². The van der Waals surface area contributed by atoms with Gasteiger partial charge in [-0.2, -0.15) is 0 Å². The van der Waals surface area contributed by atoms with Crippen LogP contribution >= 0.6 is 23.2 Å². The number of carbonyl (C=O) groups excluding carboxylic acids is 1. The van der Waals surface area contributed by atoms with Crippen LogP contribution in [0.1, 0.15) is 12.7 Å². The van der Waals surface area contributed by atoms with E-state index in [2.05, 4.69) is 4.98 Å². The number of carbonyl (C=O) groups is 1. The second-order valence-corrected chi connectivity index (χ2v) is 5.41. The molecule has 0 saturated carbocycles. The van der Waals surface area contributed by atoms with Crippen LogP contribution in [0.2, 0.25) is 5.02 Å². The fourth-order valence-electron chi connectivity index (χ4n) is 2.03. The molecule has 0 aliphatic heterocycles. The topological polar surface area (TPSA) is 38.1 Å². The molecule has 1 aromatic heterocycles. The first kappa shape index (κ1) is 15.1. The van der Waals surface area contributed by atoms with Gasteiger partial charge in [-0.25, -0.2) is 4.98 Å². The predicted molar refractivity (Wildman–Crippen MR) is 82.5 cm³/mol. The average Bonchev–Trinajstić information content (AvgIpc) is 2.76. The number of likely N-dealkylation sites (N-methyl/N-ethyl adjacent to an activating group) is 1. The molecule has 0 saturated heterocycles. The van der Waals surface area contributed by atoms with Gasteiger partial charge in [-0.05, 0) is 25.1 Å². The van der Waals surface area contributed by atoms with Crippen LogP contribution in [-0.4, -0.2) is 39.8 Å². The third-order valence-electron chi connectivity index (χ3n) is 3.30. The van der Waals surface area contributed by atoms with Crippen molar-refractivity contribution in [3.8, 4) is 0 Å². The summed E-state index contributed by atoms with van der Waals surface area (Å²) in [5.41, 5.74) is 1.71. The monoisotopic (exact) mass is 313 g/mol. The Morgan fingerprint density at radius 3 is 2.85 bits per heavy atom. The molecule has 0 N–H and O–H groups in total. The van der Waals surface area contributed by atoms with Crippen LogP contribution in [0.25, 0.3) is 11.0 Å². The molecule has 6 heteroatoms. The van der Waals surface area contributed by atoms with Crippen LogP contribution in [0.15, 0.2) is 18.2 Å². The lowest BCUT2D eigenvalue weighted by molar-refractivity contribution is -0.130. The number of amides is 1. The fourth-order valence-corrected chi connectivity index (χ4v) is 2.37. The summed E-state index contributed by atoms with van der Waals surface area (Å²) in [6, 6.07) is 5.49. The van der Waals surface area contributed by atoms with E-state index in [9.17, 15) is 4.79 Å². The highest BCUT2D eigenvalue weighted by Crippen LogP contribution is 2.21. The van der Waals surface area contributed by atoms with Crippen molar-refractivity contribution in [2.24, 2.45) is 0 Å². The lowest BCUT2D eigenvalue weighted by atomic mass is 10.3. The van der Waals surface area contributed by atoms with Gasteiger partial charge >= 0.3 is 0 Å². The Bertz CT molecular complexity index is 624. The number of rotatable bonds is 5. The molecule has 2 aromatic rings. The molecular weight excluding hydrogens is 297 g/mol. The highest BCUT2D eigenvalue weighted by molar-refractivity contribution is 6.31. The first-order valence-electron chi connectivity index (χ1n) is 6.51. The maximum atomic E-state index is 12.1. The average molecular weight is 314 g/mol. The van der Waals surface area contributed by atoms with E-state index in [0.29, 0.717) is 23.9 Å². The minimum absolute atomic E-state index is 0.0441. The second-order valence-electron chi connectivity index (χ2n) is 4.59. The maximum Gasteiger partial charge on any atom is 0.242 e. The van der Waals surface area contributed by atoms with Gasteiger partial charge in [0.25, 0.3) is 0 Å². The van der Waals surface area contributed by atoms with Crippen molar-refractivity contribution < 1.29 is 4.79 Å². The molecular formula is C14H17Cl2N3O. The summed E-state index contributed by atoms with van der Waals surface area (Å²) >= 11 is 11.9. The molecule has 0 aliphatic carbocycles. The Balaban J connectivity index is 2.44. The van der Waals surface area contributed by atoms with Crippen molar-refractivity contribution in [3.05, 3.63) is 29.0 Å². The third kappa shape index (κ3) is 3.07. The summed E-state index contributed by atoms with van der Waals surface area (Å²) in [6.07, 6.45) is 0.622. The van der Waals surface area contributed by atoms with Crippen LogP contribution in [0.4, 0.5) is 0 Å². The van der Waals surface area contributed by atoms with E-state index in [1.165, 1.54) is 0 Å². The SMILES string of the molecule is CCN(C)C(=O)Cn1c(CCCl)nc2ccc(Cl)cc21. The summed E-state index contributed by atoms with van der Waals surface area (Å²) < 4.78 is 1.90. The van der Waals surface area contributed by atoms with Crippen molar-refractivity contribution in [1.29, 1.82) is 0 Å². The summed E-state index contributed by atoms with van der Waals surface area (Å²) in [4.78, 5) is 18.4. The van der Waals surface area contributed by atoms with Gasteiger partial charge < -0.3 is 9.47 Å². The number of halogens is 2. The molecule has 2 rings (SSSR count). The van der Waals surface area contributed by atoms with Crippen molar-refractivity contribution in [3.63, 3.8) is 0 Å². The maximum absolute atomic E-state index is 12.1. The second kappa shape index (κ2) is 6.46. The summed E-state index contributed by atoms with van der Waals surface area (Å²) in [5, 5.41) is 0.632. The quantitative estimate of drug-likeness (QED) is 0.796. The molecule has 4 nitrogen and oxygen atoms in total. The zero-order valence-electron chi connectivity index (χ0n) is 11.6. The van der Waals surface area contributed by atoms with Gasteiger partial charge in [0.2, 0.25) is 5.91 Å². The van der Waals surface area contributed by atoms with Gasteiger partial charge in [-0.15, -0.1) is 11.6 Å². The Morgan fingerprint density at radius 2 is 2.20 bits per heavy atom. The zero-order chi connectivity index (χ0) is 14.7. The normalized spacial score (nSPS) is 11.0. The molecule has 0 aliphatic rings. The number of imidazole rings is 1. The Hall–Kier alpha value is -1.26. The predicted octanol–water partition coefficient (Wildman–Crippen LogP) is 2.95. The molecule has 0 spiro atoms. The molecule has 20 heavy (non-hydrogen) atoms. The fraction of sp³-hybridized carbons (Fsp3) is 0.429. The van der Waals surface area contributed by atoms with E-state index >= 15 is 0 Å². The lowest BCUT2D eigenvalue weighted by Crippen LogP contribution is -2.30. The number of aromatic nitrogens is 2. The van der Waals surface area contributed by atoms with Crippen LogP contribution in [0, 0.1) is 0 Å². The van der Waals surface area contributed by atoms with E-state index in [-0.39, 0.29) is 12.5 Å². The molecule has 1 amide bonds. The van der Waals surface area contributed by atoms with Crippen LogP contribution < -0.4 is 0 Å². The van der Waals surface area contributed by atoms with E-state index < -0.39 is 0 Å². The van der Waals surface area contributed by atoms with E-state index in [1.54, 1.807) is 18.0 Å². The van der Waals surface area contributed by atoms with Gasteiger partial charge in [0.1, 0.15) is 12.4 Å². The lowest BCUT2D eigenvalue weighted by Gasteiger charge is -2.16. The molecule has 1 aromatic carbocycles. The van der Waals surface area contributed by atoms with Crippen molar-refractivity contribution in [2.45, 2.75) is 19.9 Å². The number of aryl methyl sites for hydroxylation is 1. The minimum atomic E-state index is 0.0441. The standard InChI is InChI=1S/C14H17Cl2N3O/c1-3-18(2)14(20)9-19-12-8-10(16)4-5-11(12)17-13(19)6-7-15/h4-5,8H,3,6-7,9H2,1-2H3. The largest absolute Gasteiger partial charge is 0.344 e. The Labute approximate surface area is 128 Å². The molecule has 0 radical (unpaired) electrons. The summed E-state index contributed by atoms with van der Waals surface area (Å²) in [5.74, 6) is 1.33. The number of fused-ring (bicyclic) bond motifs is 1. The minimum Gasteiger partial charge on any atom is -0.344 e. The Morgan fingerprint density at radius 1 is 1.45 bits per heavy atom. The molecule has 1 heterocycles. The van der Waals surface area contributed by atoms with E-state index in [4.69, 9.17) is 23.2 Å². The molecule has 0 atom stereocenters. The van der Waals surface area contributed by atoms with Crippen molar-refractivity contribution >= 4 is 40.1 Å². The number of alkyl halides is 1. The number of hydrogen-bond donors (Lipinski definition) is 0. The molecule has 0 fully saturated rings. The molecule has 0 bridgehead atoms. The van der Waals surface area contributed by atoms with E-state index in [0.717, 1.165) is 16.9 Å². The highest BCUT2D eigenvalue weighted by atomic mass is 35.5. The summed E-state index contributed by atoms with van der Waals surface area (Å²) in [7, 11) is 1.79. The van der Waals surface area contributed by atoms with Crippen LogP contribution in [0.5, 0.6) is 0 Å². The number of nitrogens with zero attached hydrogens (tertiary/aromatic N) is 3. The molecule has 108 valence electrons. The number of hydrogen-bond acceptors (Lipinski definition) is 2. The first-order chi connectivity index (χ1) is 9.56. The van der Waals surface area contributed by atoms with Gasteiger partial charge in [0, 0.05) is 30.9 Å². The van der Waals surface area contributed by atoms with Gasteiger partial charge in [-0.3, -0.25) is 4.79 Å². The van der Waals surface area contributed by atoms with Crippen molar-refractivity contribution in [1.82, 2.24) is 14.5 Å². The first-order valence-corrected chi connectivity index (χ1v) is 7.42. The smallest absolute Gasteiger partial charge is 0.242 e. The third-order valence-corrected chi connectivity index (χ3v) is 3.72. The zero-order valence-corrected chi connectivity index (χ0v) is 13.1. The number of benzene rings is 1. The Kier molecular flexibility index (Phi) is 4.89. The van der Waals surface area contributed by atoms with Crippen LogP contribution in [0.3, 0.4) is 0 Å². The van der Waals surface area contributed by atoms with E-state index in [1.807, 2.05) is 23.6 Å².